The van der Waals surface area contributed by atoms with Crippen molar-refractivity contribution in [2.24, 2.45) is 0 Å². The Balaban J connectivity index is 1.73. The molecule has 0 aliphatic carbocycles. The first kappa shape index (κ1) is 21.5. The van der Waals surface area contributed by atoms with Crippen molar-refractivity contribution < 1.29 is 19.4 Å². The number of aliphatic carboxylic acids is 1. The summed E-state index contributed by atoms with van der Waals surface area (Å²) in [6, 6.07) is 23.9. The van der Waals surface area contributed by atoms with Gasteiger partial charge < -0.3 is 9.84 Å². The van der Waals surface area contributed by atoms with E-state index in [1.165, 1.54) is 6.08 Å². The largest absolute Gasteiger partial charge is 0.479 e. The molecule has 0 aliphatic rings. The van der Waals surface area contributed by atoms with Crippen molar-refractivity contribution in [2.45, 2.75) is 18.9 Å². The summed E-state index contributed by atoms with van der Waals surface area (Å²) in [6.07, 6.45) is 3.00. The molecule has 1 unspecified atom stereocenters. The van der Waals surface area contributed by atoms with Crippen molar-refractivity contribution in [1.82, 2.24) is 0 Å². The van der Waals surface area contributed by atoms with Gasteiger partial charge in [-0.3, -0.25) is 4.79 Å². The molecule has 1 atom stereocenters. The van der Waals surface area contributed by atoms with E-state index in [1.54, 1.807) is 30.3 Å². The van der Waals surface area contributed by atoms with E-state index in [2.05, 4.69) is 15.9 Å². The zero-order valence-corrected chi connectivity index (χ0v) is 17.8. The summed E-state index contributed by atoms with van der Waals surface area (Å²) in [5, 5.41) is 9.59. The summed E-state index contributed by atoms with van der Waals surface area (Å²) in [6.45, 7) is 0. The molecule has 0 aliphatic heterocycles. The van der Waals surface area contributed by atoms with Gasteiger partial charge in [-0.05, 0) is 54.3 Å². The SMILES string of the molecule is O=C(C=Cc1ccc(Br)cc1)c1ccccc1OC(CCc1ccccc1)C(=O)O. The molecule has 0 saturated carbocycles. The van der Waals surface area contributed by atoms with Gasteiger partial charge in [-0.25, -0.2) is 4.79 Å². The zero-order valence-electron chi connectivity index (χ0n) is 16.2. The van der Waals surface area contributed by atoms with Crippen molar-refractivity contribution in [3.63, 3.8) is 0 Å². The molecule has 0 fully saturated rings. The number of carbonyl (C=O) groups is 2. The van der Waals surface area contributed by atoms with Gasteiger partial charge in [0, 0.05) is 4.47 Å². The molecule has 5 heteroatoms. The number of ether oxygens (including phenoxy) is 1. The van der Waals surface area contributed by atoms with Crippen molar-refractivity contribution in [3.05, 3.63) is 106 Å². The smallest absolute Gasteiger partial charge is 0.344 e. The van der Waals surface area contributed by atoms with Crippen LogP contribution in [0.4, 0.5) is 0 Å². The highest BCUT2D eigenvalue weighted by Crippen LogP contribution is 2.22. The normalized spacial score (nSPS) is 11.9. The van der Waals surface area contributed by atoms with E-state index in [9.17, 15) is 14.7 Å². The van der Waals surface area contributed by atoms with Gasteiger partial charge in [0.1, 0.15) is 5.75 Å². The maximum atomic E-state index is 12.7. The Labute approximate surface area is 184 Å². The number of carboxylic acid groups (broad SMARTS) is 1. The quantitative estimate of drug-likeness (QED) is 0.320. The standard InChI is InChI=1S/C25H21BrO4/c26-20-14-10-19(11-15-20)12-16-22(27)21-8-4-5-9-23(21)30-24(25(28)29)17-13-18-6-2-1-3-7-18/h1-12,14-16,24H,13,17H2,(H,28,29). The first-order chi connectivity index (χ1) is 14.5. The number of halogens is 1. The van der Waals surface area contributed by atoms with Crippen molar-refractivity contribution in [2.75, 3.05) is 0 Å². The van der Waals surface area contributed by atoms with Crippen molar-refractivity contribution in [1.29, 1.82) is 0 Å². The van der Waals surface area contributed by atoms with Crippen LogP contribution < -0.4 is 4.74 Å². The molecule has 0 radical (unpaired) electrons. The second kappa shape index (κ2) is 10.6. The Hall–Kier alpha value is -3.18. The van der Waals surface area contributed by atoms with Crippen LogP contribution in [0, 0.1) is 0 Å². The van der Waals surface area contributed by atoms with Gasteiger partial charge in [0.15, 0.2) is 11.9 Å². The number of benzene rings is 3. The highest BCUT2D eigenvalue weighted by molar-refractivity contribution is 9.10. The molecule has 0 spiro atoms. The third kappa shape index (κ3) is 6.16. The number of allylic oxidation sites excluding steroid dienone is 1. The van der Waals surface area contributed by atoms with Crippen LogP contribution >= 0.6 is 15.9 Å². The second-order valence-corrected chi connectivity index (χ2v) is 7.63. The minimum absolute atomic E-state index is 0.249. The van der Waals surface area contributed by atoms with E-state index in [0.717, 1.165) is 15.6 Å². The molecule has 0 saturated heterocycles. The molecule has 0 aromatic heterocycles. The molecular weight excluding hydrogens is 444 g/mol. The first-order valence-electron chi connectivity index (χ1n) is 9.53. The Bertz CT molecular complexity index is 1030. The summed E-state index contributed by atoms with van der Waals surface area (Å²) < 4.78 is 6.72. The highest BCUT2D eigenvalue weighted by atomic mass is 79.9. The minimum Gasteiger partial charge on any atom is -0.479 e. The fourth-order valence-corrected chi connectivity index (χ4v) is 3.20. The number of rotatable bonds is 9. The summed E-state index contributed by atoms with van der Waals surface area (Å²) in [5.41, 5.74) is 2.25. The lowest BCUT2D eigenvalue weighted by molar-refractivity contribution is -0.145. The number of carbonyl (C=O) groups excluding carboxylic acids is 1. The van der Waals surface area contributed by atoms with Crippen LogP contribution in [-0.4, -0.2) is 23.0 Å². The Morgan fingerprint density at radius 1 is 0.933 bits per heavy atom. The highest BCUT2D eigenvalue weighted by Gasteiger charge is 2.21. The summed E-state index contributed by atoms with van der Waals surface area (Å²) in [7, 11) is 0. The Morgan fingerprint density at radius 3 is 2.30 bits per heavy atom. The van der Waals surface area contributed by atoms with Gasteiger partial charge in [-0.2, -0.15) is 0 Å². The second-order valence-electron chi connectivity index (χ2n) is 6.71. The number of aryl methyl sites for hydroxylation is 1. The number of para-hydroxylation sites is 1. The average Bonchev–Trinajstić information content (AvgIpc) is 2.77. The van der Waals surface area contributed by atoms with Gasteiger partial charge in [0.25, 0.3) is 0 Å². The predicted molar refractivity (Wildman–Crippen MR) is 121 cm³/mol. The van der Waals surface area contributed by atoms with Crippen molar-refractivity contribution >= 4 is 33.8 Å². The topological polar surface area (TPSA) is 63.6 Å². The third-order valence-corrected chi connectivity index (χ3v) is 5.06. The van der Waals surface area contributed by atoms with E-state index < -0.39 is 12.1 Å². The molecule has 3 rings (SSSR count). The van der Waals surface area contributed by atoms with Gasteiger partial charge >= 0.3 is 5.97 Å². The summed E-state index contributed by atoms with van der Waals surface area (Å²) in [5.74, 6) is -1.04. The van der Waals surface area contributed by atoms with Crippen LogP contribution in [0.25, 0.3) is 6.08 Å². The molecule has 1 N–H and O–H groups in total. The zero-order chi connectivity index (χ0) is 21.3. The molecule has 30 heavy (non-hydrogen) atoms. The van der Waals surface area contributed by atoms with E-state index in [0.29, 0.717) is 18.4 Å². The van der Waals surface area contributed by atoms with Gasteiger partial charge in [0.05, 0.1) is 5.56 Å². The van der Waals surface area contributed by atoms with Crippen LogP contribution in [0.5, 0.6) is 5.75 Å². The van der Waals surface area contributed by atoms with Gasteiger partial charge in [-0.15, -0.1) is 0 Å². The minimum atomic E-state index is -1.06. The summed E-state index contributed by atoms with van der Waals surface area (Å²) in [4.78, 5) is 24.4. The van der Waals surface area contributed by atoms with E-state index in [1.807, 2.05) is 54.6 Å². The Morgan fingerprint density at radius 2 is 1.60 bits per heavy atom. The predicted octanol–water partition coefficient (Wildman–Crippen LogP) is 5.81. The number of hydrogen-bond acceptors (Lipinski definition) is 3. The first-order valence-corrected chi connectivity index (χ1v) is 10.3. The lowest BCUT2D eigenvalue weighted by atomic mass is 10.1. The number of carboxylic acids is 1. The van der Waals surface area contributed by atoms with Crippen LogP contribution in [0.3, 0.4) is 0 Å². The van der Waals surface area contributed by atoms with Crippen LogP contribution in [0.15, 0.2) is 89.4 Å². The van der Waals surface area contributed by atoms with Crippen LogP contribution in [0.1, 0.15) is 27.9 Å². The van der Waals surface area contributed by atoms with E-state index in [4.69, 9.17) is 4.74 Å². The monoisotopic (exact) mass is 464 g/mol. The maximum Gasteiger partial charge on any atom is 0.344 e. The summed E-state index contributed by atoms with van der Waals surface area (Å²) >= 11 is 3.38. The van der Waals surface area contributed by atoms with Gasteiger partial charge in [0.2, 0.25) is 0 Å². The lowest BCUT2D eigenvalue weighted by Gasteiger charge is -2.17. The molecule has 4 nitrogen and oxygen atoms in total. The fraction of sp³-hybridized carbons (Fsp3) is 0.120. The van der Waals surface area contributed by atoms with Gasteiger partial charge in [-0.1, -0.05) is 76.6 Å². The number of ketones is 1. The van der Waals surface area contributed by atoms with E-state index >= 15 is 0 Å². The molecule has 0 bridgehead atoms. The van der Waals surface area contributed by atoms with Crippen LogP contribution in [-0.2, 0) is 11.2 Å². The van der Waals surface area contributed by atoms with Crippen LogP contribution in [0.2, 0.25) is 0 Å². The molecule has 3 aromatic carbocycles. The van der Waals surface area contributed by atoms with E-state index in [-0.39, 0.29) is 11.5 Å². The fourth-order valence-electron chi connectivity index (χ4n) is 2.94. The van der Waals surface area contributed by atoms with Crippen molar-refractivity contribution in [3.8, 4) is 5.75 Å². The number of hydrogen-bond donors (Lipinski definition) is 1. The average molecular weight is 465 g/mol. The molecule has 3 aromatic rings. The molecule has 0 amide bonds. The molecular formula is C25H21BrO4. The third-order valence-electron chi connectivity index (χ3n) is 4.53. The molecule has 152 valence electrons. The maximum absolute atomic E-state index is 12.7. The Kier molecular flexibility index (Phi) is 7.57. The molecule has 0 heterocycles. The lowest BCUT2D eigenvalue weighted by Crippen LogP contribution is -2.28.